The molecule has 0 aromatic heterocycles. The molecule has 2 N–H and O–H groups in total. The summed E-state index contributed by atoms with van der Waals surface area (Å²) < 4.78 is 0. The summed E-state index contributed by atoms with van der Waals surface area (Å²) in [5.41, 5.74) is 12.2. The van der Waals surface area contributed by atoms with Gasteiger partial charge in [-0.05, 0) is 53.9 Å². The Morgan fingerprint density at radius 1 is 1.05 bits per heavy atom. The number of hydrogen-bond acceptors (Lipinski definition) is 1. The second kappa shape index (κ2) is 5.65. The van der Waals surface area contributed by atoms with E-state index in [9.17, 15) is 0 Å². The molecule has 0 saturated heterocycles. The molecule has 1 heteroatoms. The Labute approximate surface area is 128 Å². The van der Waals surface area contributed by atoms with Crippen molar-refractivity contribution >= 4 is 0 Å². The van der Waals surface area contributed by atoms with E-state index in [4.69, 9.17) is 5.73 Å². The third-order valence-corrected chi connectivity index (χ3v) is 5.00. The van der Waals surface area contributed by atoms with Crippen LogP contribution >= 0.6 is 0 Å². The molecule has 2 aromatic carbocycles. The van der Waals surface area contributed by atoms with Crippen LogP contribution in [0.5, 0.6) is 0 Å². The topological polar surface area (TPSA) is 26.0 Å². The monoisotopic (exact) mass is 279 g/mol. The Bertz CT molecular complexity index is 614. The molecule has 2 aromatic rings. The smallest absolute Gasteiger partial charge is 0.0453 e. The molecule has 21 heavy (non-hydrogen) atoms. The van der Waals surface area contributed by atoms with Crippen LogP contribution in [0.15, 0.2) is 48.5 Å². The molecule has 1 nitrogen and oxygen atoms in total. The molecule has 1 aliphatic carbocycles. The van der Waals surface area contributed by atoms with E-state index in [1.807, 2.05) is 0 Å². The molecule has 2 atom stereocenters. The highest BCUT2D eigenvalue weighted by atomic mass is 14.8. The van der Waals surface area contributed by atoms with Crippen LogP contribution in [0.3, 0.4) is 0 Å². The fraction of sp³-hybridized carbons (Fsp3) is 0.400. The zero-order chi connectivity index (χ0) is 14.9. The first-order valence-electron chi connectivity index (χ1n) is 8.08. The number of benzene rings is 2. The van der Waals surface area contributed by atoms with Crippen molar-refractivity contribution in [3.8, 4) is 0 Å². The van der Waals surface area contributed by atoms with E-state index >= 15 is 0 Å². The molecule has 0 radical (unpaired) electrons. The molecular weight excluding hydrogens is 254 g/mol. The minimum atomic E-state index is -0.211. The molecule has 0 saturated carbocycles. The zero-order valence-corrected chi connectivity index (χ0v) is 13.1. The Kier molecular flexibility index (Phi) is 3.86. The van der Waals surface area contributed by atoms with Gasteiger partial charge < -0.3 is 5.73 Å². The molecule has 0 spiro atoms. The first-order chi connectivity index (χ1) is 10.1. The average Bonchev–Trinajstić information content (AvgIpc) is 2.52. The van der Waals surface area contributed by atoms with Crippen molar-refractivity contribution in [3.63, 3.8) is 0 Å². The molecule has 0 heterocycles. The second-order valence-electron chi connectivity index (χ2n) is 6.53. The van der Waals surface area contributed by atoms with Crippen molar-refractivity contribution in [3.05, 3.63) is 70.8 Å². The lowest BCUT2D eigenvalue weighted by molar-refractivity contribution is 0.349. The first-order valence-corrected chi connectivity index (χ1v) is 8.08. The van der Waals surface area contributed by atoms with Gasteiger partial charge in [0.25, 0.3) is 0 Å². The number of aryl methyl sites for hydroxylation is 1. The van der Waals surface area contributed by atoms with E-state index in [0.29, 0.717) is 5.92 Å². The van der Waals surface area contributed by atoms with Crippen LogP contribution in [0.25, 0.3) is 0 Å². The average molecular weight is 279 g/mol. The summed E-state index contributed by atoms with van der Waals surface area (Å²) in [4.78, 5) is 0. The quantitative estimate of drug-likeness (QED) is 0.877. The molecule has 2 unspecified atom stereocenters. The van der Waals surface area contributed by atoms with Gasteiger partial charge in [-0.2, -0.15) is 0 Å². The lowest BCUT2D eigenvalue weighted by Gasteiger charge is -2.38. The summed E-state index contributed by atoms with van der Waals surface area (Å²) >= 11 is 0. The maximum atomic E-state index is 6.84. The van der Waals surface area contributed by atoms with Crippen LogP contribution in [0, 0.1) is 0 Å². The molecule has 0 fully saturated rings. The summed E-state index contributed by atoms with van der Waals surface area (Å²) in [6.07, 6.45) is 4.27. The summed E-state index contributed by atoms with van der Waals surface area (Å²) in [6, 6.07) is 17.7. The molecule has 0 bridgehead atoms. The fourth-order valence-corrected chi connectivity index (χ4v) is 3.59. The molecule has 110 valence electrons. The summed E-state index contributed by atoms with van der Waals surface area (Å²) in [7, 11) is 0. The van der Waals surface area contributed by atoms with Gasteiger partial charge in [0.1, 0.15) is 0 Å². The molecular formula is C20H25N. The largest absolute Gasteiger partial charge is 0.321 e. The van der Waals surface area contributed by atoms with E-state index in [-0.39, 0.29) is 5.54 Å². The van der Waals surface area contributed by atoms with Crippen molar-refractivity contribution in [2.24, 2.45) is 5.73 Å². The normalized spacial score (nSPS) is 24.6. The van der Waals surface area contributed by atoms with Gasteiger partial charge in [-0.25, -0.2) is 0 Å². The highest BCUT2D eigenvalue weighted by Gasteiger charge is 2.35. The van der Waals surface area contributed by atoms with E-state index in [0.717, 1.165) is 19.3 Å². The zero-order valence-electron chi connectivity index (χ0n) is 13.1. The SMILES string of the molecule is CCc1ccc(CC2(N)CCC(C)c3ccccc32)cc1. The van der Waals surface area contributed by atoms with Crippen LogP contribution in [-0.4, -0.2) is 0 Å². The second-order valence-corrected chi connectivity index (χ2v) is 6.53. The Morgan fingerprint density at radius 2 is 1.71 bits per heavy atom. The first kappa shape index (κ1) is 14.3. The lowest BCUT2D eigenvalue weighted by Crippen LogP contribution is -2.42. The van der Waals surface area contributed by atoms with Crippen molar-refractivity contribution < 1.29 is 0 Å². The van der Waals surface area contributed by atoms with Crippen LogP contribution in [0.2, 0.25) is 0 Å². The molecule has 1 aliphatic rings. The van der Waals surface area contributed by atoms with Crippen LogP contribution < -0.4 is 5.73 Å². The third-order valence-electron chi connectivity index (χ3n) is 5.00. The van der Waals surface area contributed by atoms with E-state index in [1.54, 1.807) is 0 Å². The highest BCUT2D eigenvalue weighted by Crippen LogP contribution is 2.41. The molecule has 0 aliphatic heterocycles. The highest BCUT2D eigenvalue weighted by molar-refractivity contribution is 5.40. The van der Waals surface area contributed by atoms with Crippen molar-refractivity contribution in [2.45, 2.75) is 51.0 Å². The Morgan fingerprint density at radius 3 is 2.43 bits per heavy atom. The molecule has 3 rings (SSSR count). The van der Waals surface area contributed by atoms with Gasteiger partial charge in [0.2, 0.25) is 0 Å². The van der Waals surface area contributed by atoms with Gasteiger partial charge in [0.15, 0.2) is 0 Å². The summed E-state index contributed by atoms with van der Waals surface area (Å²) in [5, 5.41) is 0. The lowest BCUT2D eigenvalue weighted by atomic mass is 9.70. The molecule has 0 amide bonds. The van der Waals surface area contributed by atoms with Gasteiger partial charge in [0.05, 0.1) is 0 Å². The minimum absolute atomic E-state index is 0.211. The summed E-state index contributed by atoms with van der Waals surface area (Å²) in [6.45, 7) is 4.51. The standard InChI is InChI=1S/C20H25N/c1-3-16-8-10-17(11-9-16)14-20(21)13-12-15(2)18-6-4-5-7-19(18)20/h4-11,15H,3,12-14,21H2,1-2H3. The van der Waals surface area contributed by atoms with Crippen molar-refractivity contribution in [2.75, 3.05) is 0 Å². The van der Waals surface area contributed by atoms with Gasteiger partial charge in [0, 0.05) is 5.54 Å². The fourth-order valence-electron chi connectivity index (χ4n) is 3.59. The van der Waals surface area contributed by atoms with Gasteiger partial charge >= 0.3 is 0 Å². The summed E-state index contributed by atoms with van der Waals surface area (Å²) in [5.74, 6) is 0.625. The van der Waals surface area contributed by atoms with Crippen LogP contribution in [0.4, 0.5) is 0 Å². The predicted molar refractivity (Wildman–Crippen MR) is 89.5 cm³/mol. The number of nitrogens with two attached hydrogens (primary N) is 1. The number of hydrogen-bond donors (Lipinski definition) is 1. The predicted octanol–water partition coefficient (Wildman–Crippen LogP) is 4.54. The Balaban J connectivity index is 1.92. The maximum Gasteiger partial charge on any atom is 0.0453 e. The van der Waals surface area contributed by atoms with Gasteiger partial charge in [-0.3, -0.25) is 0 Å². The number of fused-ring (bicyclic) bond motifs is 1. The third kappa shape index (κ3) is 2.75. The van der Waals surface area contributed by atoms with Gasteiger partial charge in [-0.1, -0.05) is 62.4 Å². The van der Waals surface area contributed by atoms with Crippen LogP contribution in [0.1, 0.15) is 54.9 Å². The van der Waals surface area contributed by atoms with Gasteiger partial charge in [-0.15, -0.1) is 0 Å². The number of rotatable bonds is 3. The van der Waals surface area contributed by atoms with Crippen molar-refractivity contribution in [1.82, 2.24) is 0 Å². The van der Waals surface area contributed by atoms with E-state index in [2.05, 4.69) is 62.4 Å². The van der Waals surface area contributed by atoms with Crippen LogP contribution in [-0.2, 0) is 18.4 Å². The van der Waals surface area contributed by atoms with E-state index < -0.39 is 0 Å². The maximum absolute atomic E-state index is 6.84. The van der Waals surface area contributed by atoms with E-state index in [1.165, 1.54) is 28.7 Å². The van der Waals surface area contributed by atoms with Crippen molar-refractivity contribution in [1.29, 1.82) is 0 Å². The Hall–Kier alpha value is -1.60. The minimum Gasteiger partial charge on any atom is -0.321 e.